The number of aromatic nitrogens is 2. The minimum absolute atomic E-state index is 0.145. The molecule has 1 unspecified atom stereocenters. The summed E-state index contributed by atoms with van der Waals surface area (Å²) in [6.45, 7) is 5.13. The average Bonchev–Trinajstić information content (AvgIpc) is 3.31. The monoisotopic (exact) mass is 425 g/mol. The molecule has 1 aliphatic rings. The zero-order valence-electron chi connectivity index (χ0n) is 17.4. The standard InChI is InChI=1S/C24H28ClN3O2/c1-2-3-13-27-17-18(16-23(27)29)24-26-20-10-5-6-11-21(20)28(24)14-8-15-30-22-12-7-4-9-19(22)25/h4-7,9-12,18H,2-3,8,13-17H2,1H3. The summed E-state index contributed by atoms with van der Waals surface area (Å²) < 4.78 is 8.13. The van der Waals surface area contributed by atoms with E-state index in [0.717, 1.165) is 55.8 Å². The number of fused-ring (bicyclic) bond motifs is 1. The van der Waals surface area contributed by atoms with Gasteiger partial charge in [0.25, 0.3) is 0 Å². The third-order valence-corrected chi connectivity index (χ3v) is 5.98. The number of para-hydroxylation sites is 3. The highest BCUT2D eigenvalue weighted by molar-refractivity contribution is 6.32. The van der Waals surface area contributed by atoms with Gasteiger partial charge in [-0.1, -0.05) is 49.2 Å². The van der Waals surface area contributed by atoms with Crippen molar-refractivity contribution in [2.24, 2.45) is 0 Å². The van der Waals surface area contributed by atoms with Crippen molar-refractivity contribution in [3.05, 3.63) is 59.4 Å². The van der Waals surface area contributed by atoms with Crippen LogP contribution < -0.4 is 4.74 Å². The van der Waals surface area contributed by atoms with Crippen LogP contribution in [0.2, 0.25) is 5.02 Å². The molecular formula is C24H28ClN3O2. The molecule has 6 heteroatoms. The largest absolute Gasteiger partial charge is 0.492 e. The molecule has 4 rings (SSSR count). The van der Waals surface area contributed by atoms with Crippen LogP contribution in [0.25, 0.3) is 11.0 Å². The molecule has 1 saturated heterocycles. The van der Waals surface area contributed by atoms with Crippen LogP contribution in [0.3, 0.4) is 0 Å². The summed E-state index contributed by atoms with van der Waals surface area (Å²) in [4.78, 5) is 19.4. The number of ether oxygens (including phenoxy) is 1. The van der Waals surface area contributed by atoms with Gasteiger partial charge in [-0.25, -0.2) is 4.98 Å². The number of amides is 1. The van der Waals surface area contributed by atoms with Gasteiger partial charge in [0.1, 0.15) is 11.6 Å². The Morgan fingerprint density at radius 3 is 2.73 bits per heavy atom. The molecule has 1 aliphatic heterocycles. The van der Waals surface area contributed by atoms with Crippen molar-refractivity contribution < 1.29 is 9.53 Å². The Hall–Kier alpha value is -2.53. The number of imidazole rings is 1. The minimum Gasteiger partial charge on any atom is -0.492 e. The van der Waals surface area contributed by atoms with Crippen LogP contribution in [0.1, 0.15) is 44.3 Å². The Kier molecular flexibility index (Phi) is 6.58. The van der Waals surface area contributed by atoms with Gasteiger partial charge in [-0.05, 0) is 37.1 Å². The van der Waals surface area contributed by atoms with E-state index >= 15 is 0 Å². The number of hydrogen-bond donors (Lipinski definition) is 0. The number of rotatable bonds is 9. The second-order valence-corrected chi connectivity index (χ2v) is 8.24. The third kappa shape index (κ3) is 4.46. The Morgan fingerprint density at radius 2 is 1.90 bits per heavy atom. The van der Waals surface area contributed by atoms with Crippen molar-refractivity contribution in [1.29, 1.82) is 0 Å². The van der Waals surface area contributed by atoms with Crippen LogP contribution >= 0.6 is 11.6 Å². The average molecular weight is 426 g/mol. The van der Waals surface area contributed by atoms with E-state index < -0.39 is 0 Å². The van der Waals surface area contributed by atoms with Gasteiger partial charge >= 0.3 is 0 Å². The van der Waals surface area contributed by atoms with Gasteiger partial charge in [-0.2, -0.15) is 0 Å². The van der Waals surface area contributed by atoms with Crippen LogP contribution in [0.5, 0.6) is 5.75 Å². The predicted octanol–water partition coefficient (Wildman–Crippen LogP) is 5.27. The molecule has 1 fully saturated rings. The zero-order valence-corrected chi connectivity index (χ0v) is 18.1. The summed E-state index contributed by atoms with van der Waals surface area (Å²) >= 11 is 6.18. The molecule has 5 nitrogen and oxygen atoms in total. The van der Waals surface area contributed by atoms with Crippen molar-refractivity contribution in [3.63, 3.8) is 0 Å². The molecule has 2 aromatic carbocycles. The topological polar surface area (TPSA) is 47.4 Å². The molecular weight excluding hydrogens is 398 g/mol. The predicted molar refractivity (Wildman–Crippen MR) is 120 cm³/mol. The summed E-state index contributed by atoms with van der Waals surface area (Å²) in [5.41, 5.74) is 2.10. The molecule has 0 N–H and O–H groups in total. The van der Waals surface area contributed by atoms with Crippen molar-refractivity contribution in [1.82, 2.24) is 14.5 Å². The lowest BCUT2D eigenvalue weighted by molar-refractivity contribution is -0.127. The molecule has 0 bridgehead atoms. The van der Waals surface area contributed by atoms with E-state index in [0.29, 0.717) is 23.8 Å². The van der Waals surface area contributed by atoms with Gasteiger partial charge < -0.3 is 14.2 Å². The smallest absolute Gasteiger partial charge is 0.223 e. The first-order chi connectivity index (χ1) is 14.7. The van der Waals surface area contributed by atoms with Crippen molar-refractivity contribution >= 4 is 28.5 Å². The number of benzene rings is 2. The second kappa shape index (κ2) is 9.52. The minimum atomic E-state index is 0.145. The van der Waals surface area contributed by atoms with Crippen LogP contribution in [0.15, 0.2) is 48.5 Å². The summed E-state index contributed by atoms with van der Waals surface area (Å²) in [5, 5.41) is 0.628. The fraction of sp³-hybridized carbons (Fsp3) is 0.417. The van der Waals surface area contributed by atoms with E-state index in [4.69, 9.17) is 21.3 Å². The van der Waals surface area contributed by atoms with Crippen molar-refractivity contribution in [2.75, 3.05) is 19.7 Å². The third-order valence-electron chi connectivity index (χ3n) is 5.67. The van der Waals surface area contributed by atoms with E-state index in [1.165, 1.54) is 0 Å². The molecule has 1 amide bonds. The lowest BCUT2D eigenvalue weighted by Crippen LogP contribution is -2.26. The molecule has 0 spiro atoms. The molecule has 0 saturated carbocycles. The summed E-state index contributed by atoms with van der Waals surface area (Å²) in [6, 6.07) is 15.7. The molecule has 1 atom stereocenters. The van der Waals surface area contributed by atoms with Crippen LogP contribution in [-0.4, -0.2) is 40.1 Å². The second-order valence-electron chi connectivity index (χ2n) is 7.84. The first-order valence-corrected chi connectivity index (χ1v) is 11.2. The van der Waals surface area contributed by atoms with E-state index in [1.54, 1.807) is 0 Å². The first-order valence-electron chi connectivity index (χ1n) is 10.8. The molecule has 0 radical (unpaired) electrons. The Balaban J connectivity index is 1.48. The molecule has 0 aliphatic carbocycles. The highest BCUT2D eigenvalue weighted by Crippen LogP contribution is 2.31. The quantitative estimate of drug-likeness (QED) is 0.438. The number of aryl methyl sites for hydroxylation is 1. The first kappa shape index (κ1) is 20.7. The Bertz CT molecular complexity index is 1020. The van der Waals surface area contributed by atoms with Crippen molar-refractivity contribution in [3.8, 4) is 5.75 Å². The van der Waals surface area contributed by atoms with Gasteiger partial charge in [0.2, 0.25) is 5.91 Å². The molecule has 30 heavy (non-hydrogen) atoms. The van der Waals surface area contributed by atoms with Gasteiger partial charge in [-0.15, -0.1) is 0 Å². The number of carbonyl (C=O) groups excluding carboxylic acids is 1. The SMILES string of the molecule is CCCCN1CC(c2nc3ccccc3n2CCCOc2ccccc2Cl)CC1=O. The zero-order chi connectivity index (χ0) is 20.9. The lowest BCUT2D eigenvalue weighted by Gasteiger charge is -2.17. The van der Waals surface area contributed by atoms with Gasteiger partial charge in [0.05, 0.1) is 22.7 Å². The van der Waals surface area contributed by atoms with Crippen LogP contribution in [-0.2, 0) is 11.3 Å². The molecule has 2 heterocycles. The maximum atomic E-state index is 12.5. The fourth-order valence-corrected chi connectivity index (χ4v) is 4.31. The highest BCUT2D eigenvalue weighted by atomic mass is 35.5. The lowest BCUT2D eigenvalue weighted by atomic mass is 10.1. The van der Waals surface area contributed by atoms with Gasteiger partial charge in [0.15, 0.2) is 0 Å². The van der Waals surface area contributed by atoms with Gasteiger partial charge in [-0.3, -0.25) is 4.79 Å². The number of nitrogens with zero attached hydrogens (tertiary/aromatic N) is 3. The maximum absolute atomic E-state index is 12.5. The Labute approximate surface area is 182 Å². The number of halogens is 1. The van der Waals surface area contributed by atoms with Crippen LogP contribution in [0, 0.1) is 0 Å². The maximum Gasteiger partial charge on any atom is 0.223 e. The summed E-state index contributed by atoms with van der Waals surface area (Å²) in [7, 11) is 0. The molecule has 158 valence electrons. The molecule has 1 aromatic heterocycles. The normalized spacial score (nSPS) is 16.5. The van der Waals surface area contributed by atoms with E-state index in [9.17, 15) is 4.79 Å². The van der Waals surface area contributed by atoms with E-state index in [2.05, 4.69) is 17.6 Å². The number of hydrogen-bond acceptors (Lipinski definition) is 3. The molecule has 3 aromatic rings. The van der Waals surface area contributed by atoms with E-state index in [1.807, 2.05) is 47.4 Å². The van der Waals surface area contributed by atoms with Crippen LogP contribution in [0.4, 0.5) is 0 Å². The number of likely N-dealkylation sites (tertiary alicyclic amines) is 1. The fourth-order valence-electron chi connectivity index (χ4n) is 4.12. The summed E-state index contributed by atoms with van der Waals surface area (Å²) in [6.07, 6.45) is 3.52. The number of unbranched alkanes of at least 4 members (excludes halogenated alkanes) is 1. The Morgan fingerprint density at radius 1 is 1.10 bits per heavy atom. The summed E-state index contributed by atoms with van der Waals surface area (Å²) in [5.74, 6) is 2.12. The van der Waals surface area contributed by atoms with E-state index in [-0.39, 0.29) is 11.8 Å². The van der Waals surface area contributed by atoms with Gasteiger partial charge in [0, 0.05) is 32.0 Å². The highest BCUT2D eigenvalue weighted by Gasteiger charge is 2.33. The van der Waals surface area contributed by atoms with Crippen molar-refractivity contribution in [2.45, 2.75) is 45.1 Å². The number of carbonyl (C=O) groups is 1.